The van der Waals surface area contributed by atoms with E-state index in [1.165, 1.54) is 14.0 Å². The molecule has 2 aliphatic heterocycles. The van der Waals surface area contributed by atoms with E-state index in [0.717, 1.165) is 14.0 Å². The Kier molecular flexibility index (Phi) is 12.3. The summed E-state index contributed by atoms with van der Waals surface area (Å²) in [4.78, 5) is 37.0. The third kappa shape index (κ3) is 7.51. The SMILES string of the molecule is COC(=O)[C@@]1(OCCCC(=O)C[C@@]2(O)[C@H](C)O[C@@H](OC)[C@@H](O)[C@@H]2O)C[C@H](O)[C@@H](NC(C)=O)[C@H](C(O)C(O)CO)O1. The molecule has 0 aromatic heterocycles. The molecule has 232 valence electrons. The molecular weight excluding hydrogens is 542 g/mol. The first-order chi connectivity index (χ1) is 18.7. The summed E-state index contributed by atoms with van der Waals surface area (Å²) in [7, 11) is 2.26. The Morgan fingerprint density at radius 1 is 1.15 bits per heavy atom. The summed E-state index contributed by atoms with van der Waals surface area (Å²) in [6.45, 7) is 1.33. The van der Waals surface area contributed by atoms with E-state index < -0.39 is 104 Å². The van der Waals surface area contributed by atoms with Crippen LogP contribution >= 0.6 is 0 Å². The normalized spacial score (nSPS) is 37.8. The molecule has 1 amide bonds. The highest BCUT2D eigenvalue weighted by Gasteiger charge is 2.56. The third-order valence-corrected chi connectivity index (χ3v) is 7.16. The predicted octanol–water partition coefficient (Wildman–Crippen LogP) is -4.18. The number of Topliss-reactive ketones (excluding diaryl/α,β-unsaturated/α-hetero) is 1. The molecule has 0 radical (unpaired) electrons. The zero-order valence-electron chi connectivity index (χ0n) is 22.8. The Balaban J connectivity index is 2.10. The lowest BCUT2D eigenvalue weighted by molar-refractivity contribution is -0.318. The minimum atomic E-state index is -2.31. The molecule has 16 heteroatoms. The van der Waals surface area contributed by atoms with E-state index in [1.54, 1.807) is 0 Å². The van der Waals surface area contributed by atoms with Gasteiger partial charge in [-0.05, 0) is 13.3 Å². The van der Waals surface area contributed by atoms with Gasteiger partial charge in [0, 0.05) is 33.3 Å². The summed E-state index contributed by atoms with van der Waals surface area (Å²) in [6, 6.07) is -1.29. The van der Waals surface area contributed by atoms with Crippen molar-refractivity contribution in [3.05, 3.63) is 0 Å². The topological polar surface area (TPSA) is 251 Å². The number of hydrogen-bond donors (Lipinski definition) is 8. The highest BCUT2D eigenvalue weighted by atomic mass is 16.7. The summed E-state index contributed by atoms with van der Waals surface area (Å²) < 4.78 is 26.4. The number of carbonyl (C=O) groups is 3. The van der Waals surface area contributed by atoms with Crippen molar-refractivity contribution in [2.75, 3.05) is 27.4 Å². The van der Waals surface area contributed by atoms with Crippen molar-refractivity contribution in [3.8, 4) is 0 Å². The van der Waals surface area contributed by atoms with Gasteiger partial charge in [0.25, 0.3) is 5.79 Å². The molecule has 40 heavy (non-hydrogen) atoms. The fourth-order valence-corrected chi connectivity index (χ4v) is 4.86. The first-order valence-corrected chi connectivity index (χ1v) is 12.8. The monoisotopic (exact) mass is 583 g/mol. The zero-order chi connectivity index (χ0) is 30.4. The van der Waals surface area contributed by atoms with Gasteiger partial charge in [-0.2, -0.15) is 0 Å². The number of amides is 1. The third-order valence-electron chi connectivity index (χ3n) is 7.16. The molecular formula is C24H41NO15. The second-order valence-corrected chi connectivity index (χ2v) is 10.0. The maximum atomic E-state index is 12.7. The average Bonchev–Trinajstić information content (AvgIpc) is 2.91. The van der Waals surface area contributed by atoms with Gasteiger partial charge in [0.15, 0.2) is 6.29 Å². The van der Waals surface area contributed by atoms with E-state index in [-0.39, 0.29) is 19.4 Å². The van der Waals surface area contributed by atoms with E-state index in [0.29, 0.717) is 0 Å². The van der Waals surface area contributed by atoms with Gasteiger partial charge in [0.05, 0.1) is 38.6 Å². The summed E-state index contributed by atoms with van der Waals surface area (Å²) in [5, 5.41) is 74.3. The number of aliphatic hydroxyl groups is 7. The quantitative estimate of drug-likeness (QED) is 0.0756. The molecule has 16 nitrogen and oxygen atoms in total. The van der Waals surface area contributed by atoms with Gasteiger partial charge in [0.1, 0.15) is 41.9 Å². The van der Waals surface area contributed by atoms with Crippen LogP contribution in [-0.4, -0.2) is 147 Å². The minimum Gasteiger partial charge on any atom is -0.465 e. The molecule has 0 aliphatic carbocycles. The largest absolute Gasteiger partial charge is 0.465 e. The standard InChI is InChI=1S/C24H41NO15/c1-11-23(35,20(33)18(32)21(36-3)39-11)8-13(28)6-5-7-38-24(22(34)37-4)9-14(29)16(25-12(2)27)19(40-24)17(31)15(30)10-26/h11,14-21,26,29-33,35H,5-10H2,1-4H3,(H,25,27)/t11-,14-,15?,16+,17?,18-,19+,20-,21+,23+,24+/m0/s1. The van der Waals surface area contributed by atoms with Gasteiger partial charge in [-0.3, -0.25) is 9.59 Å². The number of hydrogen-bond acceptors (Lipinski definition) is 15. The second-order valence-electron chi connectivity index (χ2n) is 10.0. The molecule has 2 fully saturated rings. The van der Waals surface area contributed by atoms with Gasteiger partial charge in [0.2, 0.25) is 5.91 Å². The highest BCUT2D eigenvalue weighted by molar-refractivity contribution is 5.80. The van der Waals surface area contributed by atoms with E-state index in [4.69, 9.17) is 23.7 Å². The fourth-order valence-electron chi connectivity index (χ4n) is 4.86. The van der Waals surface area contributed by atoms with Crippen LogP contribution < -0.4 is 5.32 Å². The summed E-state index contributed by atoms with van der Waals surface area (Å²) in [5.74, 6) is -4.57. The van der Waals surface area contributed by atoms with Gasteiger partial charge in [-0.1, -0.05) is 0 Å². The molecule has 0 spiro atoms. The molecule has 11 atom stereocenters. The lowest BCUT2D eigenvalue weighted by Gasteiger charge is -2.47. The maximum absolute atomic E-state index is 12.7. The number of ether oxygens (including phenoxy) is 5. The van der Waals surface area contributed by atoms with Crippen LogP contribution in [-0.2, 0) is 38.1 Å². The van der Waals surface area contributed by atoms with Gasteiger partial charge in [-0.15, -0.1) is 0 Å². The number of carbonyl (C=O) groups excluding carboxylic acids is 3. The van der Waals surface area contributed by atoms with Crippen molar-refractivity contribution >= 4 is 17.7 Å². The number of ketones is 1. The molecule has 8 N–H and O–H groups in total. The van der Waals surface area contributed by atoms with Crippen LogP contribution in [0.15, 0.2) is 0 Å². The zero-order valence-corrected chi connectivity index (χ0v) is 22.8. The van der Waals surface area contributed by atoms with Crippen molar-refractivity contribution in [1.29, 1.82) is 0 Å². The van der Waals surface area contributed by atoms with Crippen LogP contribution in [0.1, 0.15) is 39.5 Å². The van der Waals surface area contributed by atoms with Gasteiger partial charge >= 0.3 is 5.97 Å². The Morgan fingerprint density at radius 3 is 2.35 bits per heavy atom. The predicted molar refractivity (Wildman–Crippen MR) is 130 cm³/mol. The lowest BCUT2D eigenvalue weighted by atomic mass is 9.80. The molecule has 0 aromatic carbocycles. The molecule has 0 aromatic rings. The van der Waals surface area contributed by atoms with Crippen LogP contribution in [0.2, 0.25) is 0 Å². The Morgan fingerprint density at radius 2 is 1.80 bits per heavy atom. The Hall–Kier alpha value is -1.83. The first kappa shape index (κ1) is 34.4. The van der Waals surface area contributed by atoms with Crippen molar-refractivity contribution in [2.24, 2.45) is 0 Å². The van der Waals surface area contributed by atoms with Crippen LogP contribution in [0.3, 0.4) is 0 Å². The van der Waals surface area contributed by atoms with Crippen LogP contribution in [0.4, 0.5) is 0 Å². The molecule has 0 saturated carbocycles. The molecule has 2 saturated heterocycles. The molecule has 2 rings (SSSR count). The lowest BCUT2D eigenvalue weighted by Crippen LogP contribution is -2.68. The number of aliphatic hydroxyl groups excluding tert-OH is 6. The van der Waals surface area contributed by atoms with Crippen LogP contribution in [0.25, 0.3) is 0 Å². The van der Waals surface area contributed by atoms with E-state index in [1.807, 2.05) is 0 Å². The summed E-state index contributed by atoms with van der Waals surface area (Å²) in [5.41, 5.74) is -2.11. The average molecular weight is 584 g/mol. The maximum Gasteiger partial charge on any atom is 0.366 e. The second kappa shape index (κ2) is 14.4. The summed E-state index contributed by atoms with van der Waals surface area (Å²) >= 11 is 0. The number of esters is 1. The van der Waals surface area contributed by atoms with E-state index in [2.05, 4.69) is 5.32 Å². The summed E-state index contributed by atoms with van der Waals surface area (Å²) in [6.07, 6.45) is -13.8. The van der Waals surface area contributed by atoms with Crippen LogP contribution in [0.5, 0.6) is 0 Å². The Bertz CT molecular complexity index is 875. The minimum absolute atomic E-state index is 0.0384. The van der Waals surface area contributed by atoms with E-state index in [9.17, 15) is 50.1 Å². The van der Waals surface area contributed by atoms with Gasteiger partial charge in [-0.25, -0.2) is 4.79 Å². The number of methoxy groups -OCH3 is 2. The van der Waals surface area contributed by atoms with Crippen molar-refractivity contribution < 1.29 is 73.8 Å². The Labute approximate surface area is 230 Å². The number of nitrogens with one attached hydrogen (secondary N) is 1. The number of rotatable bonds is 13. The molecule has 2 heterocycles. The van der Waals surface area contributed by atoms with Crippen molar-refractivity contribution in [2.45, 2.75) is 106 Å². The molecule has 2 unspecified atom stereocenters. The highest BCUT2D eigenvalue weighted by Crippen LogP contribution is 2.35. The fraction of sp³-hybridized carbons (Fsp3) is 0.875. The van der Waals surface area contributed by atoms with Crippen molar-refractivity contribution in [1.82, 2.24) is 5.32 Å². The van der Waals surface area contributed by atoms with Gasteiger partial charge < -0.3 is 64.7 Å². The molecule has 2 aliphatic rings. The van der Waals surface area contributed by atoms with E-state index >= 15 is 0 Å². The van der Waals surface area contributed by atoms with Crippen molar-refractivity contribution in [3.63, 3.8) is 0 Å². The first-order valence-electron chi connectivity index (χ1n) is 12.8. The molecule has 0 bridgehead atoms. The smallest absolute Gasteiger partial charge is 0.366 e. The van der Waals surface area contributed by atoms with Crippen LogP contribution in [0, 0.1) is 0 Å².